The molecule has 2 saturated heterocycles. The molecule has 134 valence electrons. The molecule has 2 aliphatic heterocycles. The van der Waals surface area contributed by atoms with Gasteiger partial charge in [0, 0.05) is 37.8 Å². The number of piperidine rings is 1. The lowest BCUT2D eigenvalue weighted by molar-refractivity contribution is 0.0762. The summed E-state index contributed by atoms with van der Waals surface area (Å²) in [5.74, 6) is 1.06. The topological polar surface area (TPSA) is 27.7 Å². The molecule has 1 N–H and O–H groups in total. The Bertz CT molecular complexity index is 501. The zero-order valence-corrected chi connectivity index (χ0v) is 15.3. The van der Waals surface area contributed by atoms with E-state index in [1.807, 2.05) is 0 Å². The van der Waals surface area contributed by atoms with Crippen LogP contribution in [0.15, 0.2) is 24.3 Å². The average molecular weight is 332 g/mol. The first-order valence-electron chi connectivity index (χ1n) is 9.70. The van der Waals surface area contributed by atoms with E-state index in [1.165, 1.54) is 37.9 Å². The molecule has 0 aliphatic carbocycles. The number of rotatable bonds is 6. The van der Waals surface area contributed by atoms with E-state index in [0.29, 0.717) is 12.1 Å². The lowest BCUT2D eigenvalue weighted by atomic mass is 9.99. The van der Waals surface area contributed by atoms with E-state index in [-0.39, 0.29) is 0 Å². The van der Waals surface area contributed by atoms with Gasteiger partial charge in [-0.1, -0.05) is 24.6 Å². The molecule has 1 aromatic rings. The third kappa shape index (κ3) is 4.29. The number of nitrogens with one attached hydrogen (secondary N) is 1. The Hall–Kier alpha value is -1.10. The van der Waals surface area contributed by atoms with Crippen LogP contribution in [0.2, 0.25) is 0 Å². The fourth-order valence-electron chi connectivity index (χ4n) is 4.13. The zero-order chi connectivity index (χ0) is 16.8. The van der Waals surface area contributed by atoms with Crippen LogP contribution in [0, 0.1) is 0 Å². The smallest absolute Gasteiger partial charge is 0.124 e. The molecular weight excluding hydrogens is 298 g/mol. The molecule has 2 heterocycles. The summed E-state index contributed by atoms with van der Waals surface area (Å²) >= 11 is 0. The first kappa shape index (κ1) is 17.7. The van der Waals surface area contributed by atoms with Crippen LogP contribution in [0.3, 0.4) is 0 Å². The zero-order valence-electron chi connectivity index (χ0n) is 15.3. The Morgan fingerprint density at radius 2 is 1.96 bits per heavy atom. The molecule has 2 fully saturated rings. The Balaban J connectivity index is 1.85. The van der Waals surface area contributed by atoms with Gasteiger partial charge in [-0.2, -0.15) is 0 Å². The molecule has 24 heavy (non-hydrogen) atoms. The number of ether oxygens (including phenoxy) is 1. The van der Waals surface area contributed by atoms with E-state index >= 15 is 0 Å². The van der Waals surface area contributed by atoms with Crippen molar-refractivity contribution in [3.05, 3.63) is 29.8 Å². The quantitative estimate of drug-likeness (QED) is 0.867. The standard InChI is InChI=1S/C20H33N3O/c1-3-24-20-10-6-5-9-18(20)19(16-22-12-7-4-8-13-22)23-14-11-21-15-17(23)2/h5-6,9-10,17,19,21H,3-4,7-8,11-16H2,1-2H3. The van der Waals surface area contributed by atoms with Gasteiger partial charge in [0.15, 0.2) is 0 Å². The van der Waals surface area contributed by atoms with Crippen LogP contribution >= 0.6 is 0 Å². The van der Waals surface area contributed by atoms with Crippen molar-refractivity contribution in [2.75, 3.05) is 45.9 Å². The molecule has 2 atom stereocenters. The molecule has 2 aliphatic rings. The molecule has 1 aromatic carbocycles. The van der Waals surface area contributed by atoms with E-state index in [2.05, 4.69) is 53.2 Å². The highest BCUT2D eigenvalue weighted by Gasteiger charge is 2.30. The predicted octanol–water partition coefficient (Wildman–Crippen LogP) is 2.91. The molecule has 4 heteroatoms. The van der Waals surface area contributed by atoms with Crippen LogP contribution in [0.1, 0.15) is 44.7 Å². The number of nitrogens with zero attached hydrogens (tertiary/aromatic N) is 2. The van der Waals surface area contributed by atoms with Crippen LogP contribution in [-0.4, -0.2) is 61.7 Å². The summed E-state index contributed by atoms with van der Waals surface area (Å²) in [6, 6.07) is 9.64. The van der Waals surface area contributed by atoms with Crippen LogP contribution in [0.25, 0.3) is 0 Å². The highest BCUT2D eigenvalue weighted by molar-refractivity contribution is 5.36. The van der Waals surface area contributed by atoms with E-state index < -0.39 is 0 Å². The summed E-state index contributed by atoms with van der Waals surface area (Å²) < 4.78 is 5.97. The SMILES string of the molecule is CCOc1ccccc1C(CN1CCCCC1)N1CCNCC1C. The van der Waals surface area contributed by atoms with Gasteiger partial charge in [-0.25, -0.2) is 0 Å². The summed E-state index contributed by atoms with van der Waals surface area (Å²) in [4.78, 5) is 5.34. The van der Waals surface area contributed by atoms with Crippen molar-refractivity contribution in [2.45, 2.75) is 45.2 Å². The lowest BCUT2D eigenvalue weighted by Crippen LogP contribution is -2.53. The molecule has 2 unspecified atom stereocenters. The fourth-order valence-corrected chi connectivity index (χ4v) is 4.13. The Morgan fingerprint density at radius 3 is 2.71 bits per heavy atom. The molecule has 0 spiro atoms. The van der Waals surface area contributed by atoms with E-state index in [0.717, 1.165) is 38.5 Å². The number of hydrogen-bond donors (Lipinski definition) is 1. The highest BCUT2D eigenvalue weighted by Crippen LogP contribution is 2.32. The molecule has 0 saturated carbocycles. The van der Waals surface area contributed by atoms with Gasteiger partial charge in [-0.05, 0) is 45.8 Å². The third-order valence-electron chi connectivity index (χ3n) is 5.41. The maximum absolute atomic E-state index is 5.97. The number of benzene rings is 1. The second-order valence-electron chi connectivity index (χ2n) is 7.14. The minimum absolute atomic E-state index is 0.419. The first-order chi connectivity index (χ1) is 11.8. The normalized spacial score (nSPS) is 24.7. The van der Waals surface area contributed by atoms with Crippen molar-refractivity contribution in [2.24, 2.45) is 0 Å². The number of piperazine rings is 1. The van der Waals surface area contributed by atoms with Gasteiger partial charge in [0.05, 0.1) is 12.6 Å². The molecule has 4 nitrogen and oxygen atoms in total. The van der Waals surface area contributed by atoms with E-state index in [1.54, 1.807) is 0 Å². The molecule has 0 radical (unpaired) electrons. The fraction of sp³-hybridized carbons (Fsp3) is 0.700. The maximum atomic E-state index is 5.97. The predicted molar refractivity (Wildman–Crippen MR) is 99.7 cm³/mol. The summed E-state index contributed by atoms with van der Waals surface area (Å²) in [6.07, 6.45) is 4.08. The van der Waals surface area contributed by atoms with Gasteiger partial charge in [-0.15, -0.1) is 0 Å². The van der Waals surface area contributed by atoms with Crippen molar-refractivity contribution in [3.8, 4) is 5.75 Å². The molecule has 0 bridgehead atoms. The van der Waals surface area contributed by atoms with Gasteiger partial charge >= 0.3 is 0 Å². The van der Waals surface area contributed by atoms with E-state index in [4.69, 9.17) is 4.74 Å². The second kappa shape index (κ2) is 8.84. The monoisotopic (exact) mass is 331 g/mol. The van der Waals surface area contributed by atoms with Gasteiger partial charge in [-0.3, -0.25) is 4.90 Å². The molecule has 3 rings (SSSR count). The van der Waals surface area contributed by atoms with Gasteiger partial charge in [0.25, 0.3) is 0 Å². The molecular formula is C20H33N3O. The summed E-state index contributed by atoms with van der Waals surface area (Å²) in [5.41, 5.74) is 1.36. The Morgan fingerprint density at radius 1 is 1.17 bits per heavy atom. The van der Waals surface area contributed by atoms with Gasteiger partial charge in [0.2, 0.25) is 0 Å². The third-order valence-corrected chi connectivity index (χ3v) is 5.41. The van der Waals surface area contributed by atoms with Gasteiger partial charge < -0.3 is 15.0 Å². The summed E-state index contributed by atoms with van der Waals surface area (Å²) in [5, 5.41) is 3.53. The lowest BCUT2D eigenvalue weighted by Gasteiger charge is -2.43. The largest absolute Gasteiger partial charge is 0.494 e. The Kier molecular flexibility index (Phi) is 6.52. The Labute approximate surface area is 147 Å². The van der Waals surface area contributed by atoms with Crippen molar-refractivity contribution >= 4 is 0 Å². The number of para-hydroxylation sites is 1. The van der Waals surface area contributed by atoms with Crippen molar-refractivity contribution in [1.29, 1.82) is 0 Å². The maximum Gasteiger partial charge on any atom is 0.124 e. The highest BCUT2D eigenvalue weighted by atomic mass is 16.5. The average Bonchev–Trinajstić information content (AvgIpc) is 2.62. The van der Waals surface area contributed by atoms with E-state index in [9.17, 15) is 0 Å². The van der Waals surface area contributed by atoms with Crippen molar-refractivity contribution < 1.29 is 4.74 Å². The van der Waals surface area contributed by atoms with Gasteiger partial charge in [0.1, 0.15) is 5.75 Å². The minimum Gasteiger partial charge on any atom is -0.494 e. The number of likely N-dealkylation sites (tertiary alicyclic amines) is 1. The minimum atomic E-state index is 0.419. The number of hydrogen-bond acceptors (Lipinski definition) is 4. The van der Waals surface area contributed by atoms with Crippen LogP contribution in [0.5, 0.6) is 5.75 Å². The second-order valence-corrected chi connectivity index (χ2v) is 7.14. The van der Waals surface area contributed by atoms with Crippen molar-refractivity contribution in [3.63, 3.8) is 0 Å². The first-order valence-corrected chi connectivity index (χ1v) is 9.70. The molecule has 0 aromatic heterocycles. The molecule has 0 amide bonds. The van der Waals surface area contributed by atoms with Crippen LogP contribution < -0.4 is 10.1 Å². The van der Waals surface area contributed by atoms with Crippen LogP contribution in [0.4, 0.5) is 0 Å². The summed E-state index contributed by atoms with van der Waals surface area (Å²) in [6.45, 7) is 12.0. The van der Waals surface area contributed by atoms with Crippen molar-refractivity contribution in [1.82, 2.24) is 15.1 Å². The summed E-state index contributed by atoms with van der Waals surface area (Å²) in [7, 11) is 0. The van der Waals surface area contributed by atoms with Crippen LogP contribution in [-0.2, 0) is 0 Å².